The van der Waals surface area contributed by atoms with Gasteiger partial charge < -0.3 is 15.4 Å². The van der Waals surface area contributed by atoms with Gasteiger partial charge in [-0.1, -0.05) is 25.1 Å². The molecule has 1 aromatic rings. The van der Waals surface area contributed by atoms with Gasteiger partial charge in [-0.05, 0) is 38.8 Å². The van der Waals surface area contributed by atoms with Gasteiger partial charge in [-0.3, -0.25) is 4.79 Å². The molecule has 0 aliphatic carbocycles. The van der Waals surface area contributed by atoms with Gasteiger partial charge in [-0.25, -0.2) is 0 Å². The minimum atomic E-state index is -0.393. The van der Waals surface area contributed by atoms with Crippen molar-refractivity contribution in [2.45, 2.75) is 44.7 Å². The highest BCUT2D eigenvalue weighted by molar-refractivity contribution is 5.87. The molecule has 1 aliphatic heterocycles. The van der Waals surface area contributed by atoms with E-state index < -0.39 is 5.54 Å². The van der Waals surface area contributed by atoms with Crippen LogP contribution in [-0.2, 0) is 4.79 Å². The van der Waals surface area contributed by atoms with Gasteiger partial charge in [0.15, 0.2) is 0 Å². The minimum Gasteiger partial charge on any atom is -0.496 e. The molecule has 1 aromatic carbocycles. The van der Waals surface area contributed by atoms with E-state index in [9.17, 15) is 4.79 Å². The van der Waals surface area contributed by atoms with Crippen molar-refractivity contribution in [3.63, 3.8) is 0 Å². The van der Waals surface area contributed by atoms with E-state index in [-0.39, 0.29) is 11.9 Å². The van der Waals surface area contributed by atoms with Crippen LogP contribution in [0.3, 0.4) is 0 Å². The molecule has 110 valence electrons. The molecule has 0 spiro atoms. The summed E-state index contributed by atoms with van der Waals surface area (Å²) in [5.74, 6) is 0.904. The SMILES string of the molecule is CCC1(C(=O)N[C@H](C)c2ccccc2OC)CCCN1. The summed E-state index contributed by atoms with van der Waals surface area (Å²) in [6, 6.07) is 7.74. The smallest absolute Gasteiger partial charge is 0.240 e. The molecule has 0 saturated carbocycles. The highest BCUT2D eigenvalue weighted by atomic mass is 16.5. The first-order valence-corrected chi connectivity index (χ1v) is 7.32. The summed E-state index contributed by atoms with van der Waals surface area (Å²) in [5, 5.41) is 6.48. The third-order valence-corrected chi connectivity index (χ3v) is 4.23. The zero-order valence-corrected chi connectivity index (χ0v) is 12.5. The lowest BCUT2D eigenvalue weighted by atomic mass is 9.92. The Kier molecular flexibility index (Phi) is 4.65. The Bertz CT molecular complexity index is 467. The van der Waals surface area contributed by atoms with E-state index in [4.69, 9.17) is 4.74 Å². The molecule has 1 aliphatic rings. The van der Waals surface area contributed by atoms with Gasteiger partial charge in [0.05, 0.1) is 18.7 Å². The highest BCUT2D eigenvalue weighted by Gasteiger charge is 2.39. The largest absolute Gasteiger partial charge is 0.496 e. The lowest BCUT2D eigenvalue weighted by Gasteiger charge is -2.29. The van der Waals surface area contributed by atoms with Gasteiger partial charge in [-0.15, -0.1) is 0 Å². The van der Waals surface area contributed by atoms with Crippen molar-refractivity contribution in [3.8, 4) is 5.75 Å². The number of benzene rings is 1. The average Bonchev–Trinajstić information content (AvgIpc) is 2.97. The maximum absolute atomic E-state index is 12.6. The van der Waals surface area contributed by atoms with E-state index in [1.54, 1.807) is 7.11 Å². The summed E-state index contributed by atoms with van der Waals surface area (Å²) in [5.41, 5.74) is 0.614. The number of nitrogens with one attached hydrogen (secondary N) is 2. The van der Waals surface area contributed by atoms with E-state index in [0.717, 1.165) is 37.1 Å². The number of rotatable bonds is 5. The van der Waals surface area contributed by atoms with Crippen molar-refractivity contribution in [1.29, 1.82) is 0 Å². The summed E-state index contributed by atoms with van der Waals surface area (Å²) in [6.07, 6.45) is 2.79. The first-order valence-electron chi connectivity index (χ1n) is 7.32. The molecule has 1 saturated heterocycles. The number of carbonyl (C=O) groups is 1. The zero-order valence-electron chi connectivity index (χ0n) is 12.5. The van der Waals surface area contributed by atoms with Crippen LogP contribution < -0.4 is 15.4 Å². The molecule has 2 atom stereocenters. The summed E-state index contributed by atoms with van der Waals surface area (Å²) in [6.45, 7) is 4.98. The monoisotopic (exact) mass is 276 g/mol. The Hall–Kier alpha value is -1.55. The first kappa shape index (κ1) is 14.9. The molecule has 2 rings (SSSR count). The number of para-hydroxylation sites is 1. The van der Waals surface area contributed by atoms with Crippen LogP contribution in [-0.4, -0.2) is 25.1 Å². The van der Waals surface area contributed by atoms with Crippen LogP contribution in [0.25, 0.3) is 0 Å². The molecule has 2 N–H and O–H groups in total. The second-order valence-corrected chi connectivity index (χ2v) is 5.40. The Morgan fingerprint density at radius 3 is 2.85 bits per heavy atom. The standard InChI is InChI=1S/C16H24N2O2/c1-4-16(10-7-11-17-16)15(19)18-12(2)13-8-5-6-9-14(13)20-3/h5-6,8-9,12,17H,4,7,10-11H2,1-3H3,(H,18,19)/t12-,16?/m1/s1. The van der Waals surface area contributed by atoms with Crippen LogP contribution in [0.4, 0.5) is 0 Å². The summed E-state index contributed by atoms with van der Waals surface area (Å²) in [7, 11) is 1.65. The van der Waals surface area contributed by atoms with Crippen molar-refractivity contribution >= 4 is 5.91 Å². The molecular weight excluding hydrogens is 252 g/mol. The fourth-order valence-corrected chi connectivity index (χ4v) is 2.90. The van der Waals surface area contributed by atoms with Crippen molar-refractivity contribution in [3.05, 3.63) is 29.8 Å². The normalized spacial score (nSPS) is 23.4. The summed E-state index contributed by atoms with van der Waals surface area (Å²) < 4.78 is 5.36. The molecule has 20 heavy (non-hydrogen) atoms. The van der Waals surface area contributed by atoms with E-state index in [2.05, 4.69) is 17.6 Å². The molecule has 1 fully saturated rings. The number of amides is 1. The summed E-state index contributed by atoms with van der Waals surface area (Å²) >= 11 is 0. The van der Waals surface area contributed by atoms with Crippen LogP contribution in [0.2, 0.25) is 0 Å². The zero-order chi connectivity index (χ0) is 14.6. The third-order valence-electron chi connectivity index (χ3n) is 4.23. The van der Waals surface area contributed by atoms with Crippen LogP contribution >= 0.6 is 0 Å². The molecule has 4 nitrogen and oxygen atoms in total. The number of carbonyl (C=O) groups excluding carboxylic acids is 1. The van der Waals surface area contributed by atoms with E-state index in [1.807, 2.05) is 31.2 Å². The quantitative estimate of drug-likeness (QED) is 0.868. The van der Waals surface area contributed by atoms with Crippen molar-refractivity contribution in [2.24, 2.45) is 0 Å². The third kappa shape index (κ3) is 2.80. The topological polar surface area (TPSA) is 50.4 Å². The highest BCUT2D eigenvalue weighted by Crippen LogP contribution is 2.27. The second-order valence-electron chi connectivity index (χ2n) is 5.40. The molecule has 0 radical (unpaired) electrons. The van der Waals surface area contributed by atoms with Gasteiger partial charge in [0.25, 0.3) is 0 Å². The number of methoxy groups -OCH3 is 1. The lowest BCUT2D eigenvalue weighted by molar-refractivity contribution is -0.128. The Morgan fingerprint density at radius 1 is 1.50 bits per heavy atom. The molecule has 0 bridgehead atoms. The molecule has 0 aromatic heterocycles. The van der Waals surface area contributed by atoms with Crippen molar-refractivity contribution in [1.82, 2.24) is 10.6 Å². The van der Waals surface area contributed by atoms with Crippen LogP contribution in [0.1, 0.15) is 44.7 Å². The van der Waals surface area contributed by atoms with Gasteiger partial charge in [0.2, 0.25) is 5.91 Å². The van der Waals surface area contributed by atoms with Crippen LogP contribution in [0.5, 0.6) is 5.75 Å². The molecular formula is C16H24N2O2. The minimum absolute atomic E-state index is 0.0653. The Balaban J connectivity index is 2.11. The van der Waals surface area contributed by atoms with Crippen LogP contribution in [0.15, 0.2) is 24.3 Å². The molecule has 4 heteroatoms. The van der Waals surface area contributed by atoms with Gasteiger partial charge in [0, 0.05) is 5.56 Å². The van der Waals surface area contributed by atoms with E-state index in [0.29, 0.717) is 0 Å². The second kappa shape index (κ2) is 6.27. The lowest BCUT2D eigenvalue weighted by Crippen LogP contribution is -2.53. The molecule has 1 heterocycles. The predicted octanol–water partition coefficient (Wildman–Crippen LogP) is 2.40. The fourth-order valence-electron chi connectivity index (χ4n) is 2.90. The van der Waals surface area contributed by atoms with Gasteiger partial charge in [-0.2, -0.15) is 0 Å². The van der Waals surface area contributed by atoms with Gasteiger partial charge in [0.1, 0.15) is 5.75 Å². The predicted molar refractivity (Wildman–Crippen MR) is 79.8 cm³/mol. The van der Waals surface area contributed by atoms with Crippen LogP contribution in [0, 0.1) is 0 Å². The average molecular weight is 276 g/mol. The van der Waals surface area contributed by atoms with E-state index >= 15 is 0 Å². The number of ether oxygens (including phenoxy) is 1. The maximum Gasteiger partial charge on any atom is 0.240 e. The van der Waals surface area contributed by atoms with Crippen molar-refractivity contribution < 1.29 is 9.53 Å². The van der Waals surface area contributed by atoms with E-state index in [1.165, 1.54) is 0 Å². The van der Waals surface area contributed by atoms with Crippen molar-refractivity contribution in [2.75, 3.05) is 13.7 Å². The number of hydrogen-bond acceptors (Lipinski definition) is 3. The fraction of sp³-hybridized carbons (Fsp3) is 0.562. The summed E-state index contributed by atoms with van der Waals surface area (Å²) in [4.78, 5) is 12.6. The maximum atomic E-state index is 12.6. The first-order chi connectivity index (χ1) is 9.63. The Morgan fingerprint density at radius 2 is 2.25 bits per heavy atom. The van der Waals surface area contributed by atoms with Gasteiger partial charge >= 0.3 is 0 Å². The number of hydrogen-bond donors (Lipinski definition) is 2. The molecule has 1 unspecified atom stereocenters. The molecule has 1 amide bonds. The Labute approximate surface area is 120 Å².